The summed E-state index contributed by atoms with van der Waals surface area (Å²) in [6, 6.07) is 16.7. The molecule has 1 aliphatic heterocycles. The summed E-state index contributed by atoms with van der Waals surface area (Å²) < 4.78 is 11.4. The van der Waals surface area contributed by atoms with E-state index in [2.05, 4.69) is 60.1 Å². The Morgan fingerprint density at radius 3 is 2.65 bits per heavy atom. The standard InChI is InChI=1S/C26H28N2O3/c1-16-17(2)24(30-3)11-10-20(16)26-25-22(21-6-4-5-7-23(21)27-25)12-13-28(26)14-18-8-9-19(15-29)31-18/h4-11,26-27,29H,12-15H2,1-3H3. The molecule has 5 heteroatoms. The number of rotatable bonds is 5. The predicted octanol–water partition coefficient (Wildman–Crippen LogP) is 5.03. The molecule has 0 bridgehead atoms. The lowest BCUT2D eigenvalue weighted by Crippen LogP contribution is -2.36. The number of aliphatic hydroxyl groups excluding tert-OH is 1. The molecule has 0 saturated carbocycles. The van der Waals surface area contributed by atoms with Gasteiger partial charge in [0.05, 0.1) is 19.7 Å². The summed E-state index contributed by atoms with van der Waals surface area (Å²) in [5.41, 5.74) is 7.54. The number of hydrogen-bond donors (Lipinski definition) is 2. The number of hydrogen-bond acceptors (Lipinski definition) is 4. The van der Waals surface area contributed by atoms with Crippen LogP contribution in [0.2, 0.25) is 0 Å². The maximum atomic E-state index is 9.39. The van der Waals surface area contributed by atoms with Gasteiger partial charge in [0.25, 0.3) is 0 Å². The molecule has 2 aromatic carbocycles. The average Bonchev–Trinajstić information content (AvgIpc) is 3.40. The number of fused-ring (bicyclic) bond motifs is 3. The monoisotopic (exact) mass is 416 g/mol. The minimum atomic E-state index is -0.0770. The fraction of sp³-hybridized carbons (Fsp3) is 0.308. The molecule has 0 aliphatic carbocycles. The van der Waals surface area contributed by atoms with Crippen LogP contribution in [-0.2, 0) is 19.6 Å². The molecule has 31 heavy (non-hydrogen) atoms. The molecular formula is C26H28N2O3. The smallest absolute Gasteiger partial charge is 0.129 e. The van der Waals surface area contributed by atoms with Crippen molar-refractivity contribution in [2.75, 3.05) is 13.7 Å². The number of H-pyrrole nitrogens is 1. The molecule has 1 atom stereocenters. The number of furan rings is 1. The van der Waals surface area contributed by atoms with Crippen LogP contribution in [-0.4, -0.2) is 28.6 Å². The highest BCUT2D eigenvalue weighted by Gasteiger charge is 2.33. The fourth-order valence-corrected chi connectivity index (χ4v) is 4.94. The molecule has 1 aliphatic rings. The Hall–Kier alpha value is -3.02. The molecular weight excluding hydrogens is 388 g/mol. The van der Waals surface area contributed by atoms with Crippen molar-refractivity contribution in [2.45, 2.75) is 39.5 Å². The summed E-state index contributed by atoms with van der Waals surface area (Å²) in [5, 5.41) is 10.7. The van der Waals surface area contributed by atoms with Crippen molar-refractivity contribution in [2.24, 2.45) is 0 Å². The highest BCUT2D eigenvalue weighted by Crippen LogP contribution is 2.41. The molecule has 160 valence electrons. The lowest BCUT2D eigenvalue weighted by atomic mass is 9.88. The van der Waals surface area contributed by atoms with Crippen LogP contribution < -0.4 is 4.74 Å². The molecule has 0 radical (unpaired) electrons. The van der Waals surface area contributed by atoms with Crippen molar-refractivity contribution in [1.29, 1.82) is 0 Å². The van der Waals surface area contributed by atoms with E-state index in [1.165, 1.54) is 38.9 Å². The largest absolute Gasteiger partial charge is 0.496 e. The Labute approximate surface area is 182 Å². The molecule has 4 aromatic rings. The highest BCUT2D eigenvalue weighted by molar-refractivity contribution is 5.85. The number of nitrogens with one attached hydrogen (secondary N) is 1. The number of aliphatic hydroxyl groups is 1. The second kappa shape index (κ2) is 7.91. The van der Waals surface area contributed by atoms with Crippen molar-refractivity contribution in [3.8, 4) is 5.75 Å². The lowest BCUT2D eigenvalue weighted by Gasteiger charge is -2.36. The minimum Gasteiger partial charge on any atom is -0.496 e. The zero-order chi connectivity index (χ0) is 21.5. The van der Waals surface area contributed by atoms with Gasteiger partial charge < -0.3 is 19.2 Å². The first-order chi connectivity index (χ1) is 15.1. The normalized spacial score (nSPS) is 16.6. The van der Waals surface area contributed by atoms with Gasteiger partial charge >= 0.3 is 0 Å². The van der Waals surface area contributed by atoms with Gasteiger partial charge in [0.15, 0.2) is 0 Å². The van der Waals surface area contributed by atoms with Gasteiger partial charge in [-0.25, -0.2) is 0 Å². The van der Waals surface area contributed by atoms with Crippen LogP contribution in [0.25, 0.3) is 10.9 Å². The summed E-state index contributed by atoms with van der Waals surface area (Å²) in [4.78, 5) is 6.19. The van der Waals surface area contributed by atoms with Gasteiger partial charge in [0.2, 0.25) is 0 Å². The van der Waals surface area contributed by atoms with E-state index in [1.54, 1.807) is 7.11 Å². The predicted molar refractivity (Wildman–Crippen MR) is 121 cm³/mol. The Bertz CT molecular complexity index is 1240. The van der Waals surface area contributed by atoms with Crippen molar-refractivity contribution >= 4 is 10.9 Å². The van der Waals surface area contributed by atoms with Crippen molar-refractivity contribution in [3.63, 3.8) is 0 Å². The van der Waals surface area contributed by atoms with Gasteiger partial charge in [-0.05, 0) is 66.8 Å². The first-order valence-electron chi connectivity index (χ1n) is 10.8. The minimum absolute atomic E-state index is 0.0770. The Morgan fingerprint density at radius 1 is 1.06 bits per heavy atom. The molecule has 0 fully saturated rings. The van der Waals surface area contributed by atoms with Crippen LogP contribution in [0.1, 0.15) is 45.5 Å². The summed E-state index contributed by atoms with van der Waals surface area (Å²) >= 11 is 0. The van der Waals surface area contributed by atoms with Crippen molar-refractivity contribution in [1.82, 2.24) is 9.88 Å². The zero-order valence-electron chi connectivity index (χ0n) is 18.2. The summed E-state index contributed by atoms with van der Waals surface area (Å²) in [6.07, 6.45) is 0.984. The van der Waals surface area contributed by atoms with Gasteiger partial charge in [0, 0.05) is 23.1 Å². The van der Waals surface area contributed by atoms with E-state index in [1.807, 2.05) is 12.1 Å². The first kappa shape index (κ1) is 19.9. The molecule has 0 spiro atoms. The van der Waals surface area contributed by atoms with Crippen LogP contribution in [0.4, 0.5) is 0 Å². The third-order valence-corrected chi connectivity index (χ3v) is 6.66. The number of aromatic amines is 1. The number of ether oxygens (including phenoxy) is 1. The van der Waals surface area contributed by atoms with E-state index in [9.17, 15) is 5.11 Å². The van der Waals surface area contributed by atoms with Crippen LogP contribution in [0.15, 0.2) is 52.9 Å². The van der Waals surface area contributed by atoms with Crippen molar-refractivity contribution < 1.29 is 14.3 Å². The Balaban J connectivity index is 1.64. The quantitative estimate of drug-likeness (QED) is 0.479. The molecule has 5 nitrogen and oxygen atoms in total. The molecule has 5 rings (SSSR count). The van der Waals surface area contributed by atoms with E-state index in [0.717, 1.165) is 24.5 Å². The van der Waals surface area contributed by atoms with E-state index in [0.29, 0.717) is 12.3 Å². The number of aromatic nitrogens is 1. The maximum absolute atomic E-state index is 9.39. The number of para-hydroxylation sites is 1. The number of benzene rings is 2. The highest BCUT2D eigenvalue weighted by atomic mass is 16.5. The molecule has 2 aromatic heterocycles. The van der Waals surface area contributed by atoms with E-state index in [-0.39, 0.29) is 12.6 Å². The molecule has 1 unspecified atom stereocenters. The van der Waals surface area contributed by atoms with Gasteiger partial charge in [-0.3, -0.25) is 4.90 Å². The summed E-state index contributed by atoms with van der Waals surface area (Å²) in [7, 11) is 1.72. The van der Waals surface area contributed by atoms with Crippen LogP contribution >= 0.6 is 0 Å². The fourth-order valence-electron chi connectivity index (χ4n) is 4.94. The SMILES string of the molecule is COc1ccc(C2c3[nH]c4ccccc4c3CCN2Cc2ccc(CO)o2)c(C)c1C. The number of methoxy groups -OCH3 is 1. The van der Waals surface area contributed by atoms with Crippen molar-refractivity contribution in [3.05, 3.63) is 88.0 Å². The van der Waals surface area contributed by atoms with E-state index < -0.39 is 0 Å². The summed E-state index contributed by atoms with van der Waals surface area (Å²) in [5.74, 6) is 2.39. The van der Waals surface area contributed by atoms with Gasteiger partial charge in [0.1, 0.15) is 23.9 Å². The lowest BCUT2D eigenvalue weighted by molar-refractivity contribution is 0.179. The second-order valence-corrected chi connectivity index (χ2v) is 8.32. The zero-order valence-corrected chi connectivity index (χ0v) is 18.2. The maximum Gasteiger partial charge on any atom is 0.129 e. The molecule has 0 amide bonds. The number of nitrogens with zero attached hydrogens (tertiary/aromatic N) is 1. The van der Waals surface area contributed by atoms with Crippen LogP contribution in [0.3, 0.4) is 0 Å². The first-order valence-corrected chi connectivity index (χ1v) is 10.8. The van der Waals surface area contributed by atoms with Crippen LogP contribution in [0.5, 0.6) is 5.75 Å². The molecule has 3 heterocycles. The van der Waals surface area contributed by atoms with Gasteiger partial charge in [-0.15, -0.1) is 0 Å². The molecule has 2 N–H and O–H groups in total. The van der Waals surface area contributed by atoms with Gasteiger partial charge in [-0.1, -0.05) is 24.3 Å². The topological polar surface area (TPSA) is 61.6 Å². The second-order valence-electron chi connectivity index (χ2n) is 8.32. The van der Waals surface area contributed by atoms with E-state index >= 15 is 0 Å². The Morgan fingerprint density at radius 2 is 1.87 bits per heavy atom. The third-order valence-electron chi connectivity index (χ3n) is 6.66. The van der Waals surface area contributed by atoms with Crippen LogP contribution in [0, 0.1) is 13.8 Å². The molecule has 0 saturated heterocycles. The van der Waals surface area contributed by atoms with Gasteiger partial charge in [-0.2, -0.15) is 0 Å². The average molecular weight is 417 g/mol. The van der Waals surface area contributed by atoms with E-state index in [4.69, 9.17) is 9.15 Å². The third kappa shape index (κ3) is 3.34. The Kier molecular flexibility index (Phi) is 5.08. The summed E-state index contributed by atoms with van der Waals surface area (Å²) in [6.45, 7) is 5.84.